The molecule has 7 heteroatoms. The Hall–Kier alpha value is -2.54. The van der Waals surface area contributed by atoms with Gasteiger partial charge in [0.2, 0.25) is 0 Å². The monoisotopic (exact) mass is 339 g/mol. The number of hydrogen-bond acceptors (Lipinski definition) is 5. The number of carbonyl (C=O) groups excluding carboxylic acids is 1. The van der Waals surface area contributed by atoms with E-state index in [1.807, 2.05) is 28.5 Å². The van der Waals surface area contributed by atoms with Crippen LogP contribution in [-0.2, 0) is 6.54 Å². The van der Waals surface area contributed by atoms with Crippen molar-refractivity contribution < 1.29 is 4.79 Å². The van der Waals surface area contributed by atoms with Gasteiger partial charge in [0.05, 0.1) is 23.8 Å². The molecule has 0 aliphatic carbocycles. The summed E-state index contributed by atoms with van der Waals surface area (Å²) in [5, 5.41) is 8.22. The predicted molar refractivity (Wildman–Crippen MR) is 91.6 cm³/mol. The van der Waals surface area contributed by atoms with Crippen molar-refractivity contribution in [3.05, 3.63) is 53.4 Å². The van der Waals surface area contributed by atoms with Gasteiger partial charge in [0, 0.05) is 23.7 Å². The summed E-state index contributed by atoms with van der Waals surface area (Å²) in [6.07, 6.45) is 6.91. The quantitative estimate of drug-likeness (QED) is 0.733. The summed E-state index contributed by atoms with van der Waals surface area (Å²) in [4.78, 5) is 23.2. The topological polar surface area (TPSA) is 63.9 Å². The number of pyridine rings is 1. The molecule has 6 nitrogen and oxygen atoms in total. The molecular weight excluding hydrogens is 322 g/mol. The summed E-state index contributed by atoms with van der Waals surface area (Å²) in [5.74, 6) is 0.0435. The molecule has 0 N–H and O–H groups in total. The highest BCUT2D eigenvalue weighted by atomic mass is 32.1. The zero-order valence-electron chi connectivity index (χ0n) is 13.1. The van der Waals surface area contributed by atoms with E-state index in [0.717, 1.165) is 30.6 Å². The molecule has 1 unspecified atom stereocenters. The Morgan fingerprint density at radius 1 is 1.33 bits per heavy atom. The molecule has 24 heavy (non-hydrogen) atoms. The minimum Gasteiger partial charge on any atom is -0.334 e. The van der Waals surface area contributed by atoms with E-state index in [1.54, 1.807) is 28.5 Å². The Bertz CT molecular complexity index is 798. The highest BCUT2D eigenvalue weighted by Crippen LogP contribution is 2.23. The van der Waals surface area contributed by atoms with Crippen molar-refractivity contribution in [1.82, 2.24) is 24.6 Å². The van der Waals surface area contributed by atoms with Crippen LogP contribution in [0.3, 0.4) is 0 Å². The van der Waals surface area contributed by atoms with Gasteiger partial charge in [-0.15, -0.1) is 0 Å². The van der Waals surface area contributed by atoms with E-state index < -0.39 is 0 Å². The number of carbonyl (C=O) groups is 1. The smallest absolute Gasteiger partial charge is 0.255 e. The van der Waals surface area contributed by atoms with Crippen LogP contribution in [0.5, 0.6) is 0 Å². The van der Waals surface area contributed by atoms with E-state index >= 15 is 0 Å². The number of likely N-dealkylation sites (tertiary alicyclic amines) is 1. The fourth-order valence-corrected chi connectivity index (χ4v) is 3.75. The van der Waals surface area contributed by atoms with Crippen molar-refractivity contribution in [2.75, 3.05) is 6.54 Å². The van der Waals surface area contributed by atoms with E-state index in [-0.39, 0.29) is 11.9 Å². The van der Waals surface area contributed by atoms with Crippen LogP contribution < -0.4 is 0 Å². The van der Waals surface area contributed by atoms with Crippen molar-refractivity contribution in [3.63, 3.8) is 0 Å². The molecule has 1 fully saturated rings. The van der Waals surface area contributed by atoms with Gasteiger partial charge in [-0.1, -0.05) is 0 Å². The van der Waals surface area contributed by atoms with E-state index in [1.165, 1.54) is 6.33 Å². The molecule has 0 radical (unpaired) electrons. The van der Waals surface area contributed by atoms with Crippen LogP contribution in [0.15, 0.2) is 47.8 Å². The van der Waals surface area contributed by atoms with Gasteiger partial charge in [-0.05, 0) is 36.4 Å². The molecule has 0 spiro atoms. The molecule has 0 bridgehead atoms. The van der Waals surface area contributed by atoms with Crippen molar-refractivity contribution in [1.29, 1.82) is 0 Å². The summed E-state index contributed by atoms with van der Waals surface area (Å²) in [5.41, 5.74) is 2.62. The summed E-state index contributed by atoms with van der Waals surface area (Å²) in [7, 11) is 0. The molecule has 3 aromatic rings. The SMILES string of the molecule is O=C(c1ccc(-c2ccsc2)nc1)N1CCCC1Cn1cncn1. The first kappa shape index (κ1) is 15.0. The van der Waals surface area contributed by atoms with Gasteiger partial charge in [0.1, 0.15) is 12.7 Å². The zero-order chi connectivity index (χ0) is 16.4. The van der Waals surface area contributed by atoms with Gasteiger partial charge >= 0.3 is 0 Å². The second-order valence-corrected chi connectivity index (χ2v) is 6.64. The van der Waals surface area contributed by atoms with Crippen LogP contribution in [-0.4, -0.2) is 43.1 Å². The minimum absolute atomic E-state index is 0.0435. The first-order valence-electron chi connectivity index (χ1n) is 7.93. The molecule has 1 saturated heterocycles. The molecule has 1 atom stereocenters. The number of thiophene rings is 1. The standard InChI is InChI=1S/C17H17N5OS/c23-17(13-3-4-16(19-8-13)14-5-7-24-10-14)22-6-1-2-15(22)9-21-12-18-11-20-21/h3-5,7-8,10-12,15H,1-2,6,9H2. The summed E-state index contributed by atoms with van der Waals surface area (Å²) in [6.45, 7) is 1.47. The van der Waals surface area contributed by atoms with Gasteiger partial charge in [0.15, 0.2) is 0 Å². The summed E-state index contributed by atoms with van der Waals surface area (Å²) >= 11 is 1.64. The molecule has 1 amide bonds. The minimum atomic E-state index is 0.0435. The first-order chi connectivity index (χ1) is 11.8. The first-order valence-corrected chi connectivity index (χ1v) is 8.87. The Morgan fingerprint density at radius 3 is 3.00 bits per heavy atom. The third-order valence-corrected chi connectivity index (χ3v) is 5.01. The lowest BCUT2D eigenvalue weighted by Gasteiger charge is -2.24. The largest absolute Gasteiger partial charge is 0.334 e. The Morgan fingerprint density at radius 2 is 2.29 bits per heavy atom. The third-order valence-electron chi connectivity index (χ3n) is 4.33. The fourth-order valence-electron chi connectivity index (χ4n) is 3.10. The predicted octanol–water partition coefficient (Wildman–Crippen LogP) is 2.71. The summed E-state index contributed by atoms with van der Waals surface area (Å²) in [6, 6.07) is 5.98. The highest BCUT2D eigenvalue weighted by Gasteiger charge is 2.30. The van der Waals surface area contributed by atoms with Gasteiger partial charge < -0.3 is 4.90 Å². The lowest BCUT2D eigenvalue weighted by atomic mass is 10.1. The third kappa shape index (κ3) is 2.94. The average molecular weight is 339 g/mol. The molecule has 4 heterocycles. The molecular formula is C17H17N5OS. The molecule has 122 valence electrons. The Kier molecular flexibility index (Phi) is 4.08. The van der Waals surface area contributed by atoms with Crippen LogP contribution in [0, 0.1) is 0 Å². The maximum Gasteiger partial charge on any atom is 0.255 e. The van der Waals surface area contributed by atoms with E-state index in [0.29, 0.717) is 12.1 Å². The van der Waals surface area contributed by atoms with Crippen molar-refractivity contribution in [2.24, 2.45) is 0 Å². The zero-order valence-corrected chi connectivity index (χ0v) is 13.9. The van der Waals surface area contributed by atoms with Crippen LogP contribution >= 0.6 is 11.3 Å². The molecule has 3 aromatic heterocycles. The van der Waals surface area contributed by atoms with Crippen molar-refractivity contribution in [2.45, 2.75) is 25.4 Å². The van der Waals surface area contributed by atoms with Crippen LogP contribution in [0.1, 0.15) is 23.2 Å². The fraction of sp³-hybridized carbons (Fsp3) is 0.294. The molecule has 4 rings (SSSR count). The second kappa shape index (κ2) is 6.52. The van der Waals surface area contributed by atoms with Crippen LogP contribution in [0.25, 0.3) is 11.3 Å². The van der Waals surface area contributed by atoms with Crippen LogP contribution in [0.2, 0.25) is 0 Å². The van der Waals surface area contributed by atoms with E-state index in [2.05, 4.69) is 20.4 Å². The lowest BCUT2D eigenvalue weighted by molar-refractivity contribution is 0.0721. The number of rotatable bonds is 4. The maximum absolute atomic E-state index is 12.8. The van der Waals surface area contributed by atoms with E-state index in [4.69, 9.17) is 0 Å². The normalized spacial score (nSPS) is 17.3. The van der Waals surface area contributed by atoms with Gasteiger partial charge in [-0.25, -0.2) is 4.98 Å². The van der Waals surface area contributed by atoms with Crippen molar-refractivity contribution in [3.8, 4) is 11.3 Å². The van der Waals surface area contributed by atoms with Crippen molar-refractivity contribution >= 4 is 17.2 Å². The average Bonchev–Trinajstić information content (AvgIpc) is 3.37. The van der Waals surface area contributed by atoms with Gasteiger partial charge in [-0.2, -0.15) is 16.4 Å². The molecule has 1 aliphatic rings. The van der Waals surface area contributed by atoms with E-state index in [9.17, 15) is 4.79 Å². The number of amides is 1. The number of aromatic nitrogens is 4. The lowest BCUT2D eigenvalue weighted by Crippen LogP contribution is -2.38. The number of nitrogens with zero attached hydrogens (tertiary/aromatic N) is 5. The Labute approximate surface area is 143 Å². The molecule has 0 saturated carbocycles. The summed E-state index contributed by atoms with van der Waals surface area (Å²) < 4.78 is 1.79. The second-order valence-electron chi connectivity index (χ2n) is 5.86. The molecule has 1 aliphatic heterocycles. The highest BCUT2D eigenvalue weighted by molar-refractivity contribution is 7.08. The number of hydrogen-bond donors (Lipinski definition) is 0. The maximum atomic E-state index is 12.8. The van der Waals surface area contributed by atoms with Crippen LogP contribution in [0.4, 0.5) is 0 Å². The Balaban J connectivity index is 1.50. The molecule has 0 aromatic carbocycles. The van der Waals surface area contributed by atoms with Gasteiger partial charge in [-0.3, -0.25) is 14.5 Å². The van der Waals surface area contributed by atoms with Gasteiger partial charge in [0.25, 0.3) is 5.91 Å².